The number of carboxylic acid groups (broad SMARTS) is 1. The minimum atomic E-state index is -0.911. The molecule has 1 aromatic heterocycles. The molecule has 1 rings (SSSR count). The second kappa shape index (κ2) is 6.75. The molecule has 7 nitrogen and oxygen atoms in total. The van der Waals surface area contributed by atoms with Crippen molar-refractivity contribution >= 4 is 11.9 Å². The Morgan fingerprint density at radius 3 is 2.78 bits per heavy atom. The van der Waals surface area contributed by atoms with Crippen molar-refractivity contribution in [3.63, 3.8) is 0 Å². The number of nitrogens with zero attached hydrogens (tertiary/aromatic N) is 2. The van der Waals surface area contributed by atoms with Crippen LogP contribution in [0.3, 0.4) is 0 Å². The van der Waals surface area contributed by atoms with Gasteiger partial charge in [-0.15, -0.1) is 0 Å². The molecule has 1 atom stereocenters. The molecule has 1 heterocycles. The van der Waals surface area contributed by atoms with Crippen LogP contribution in [0.4, 0.5) is 5.95 Å². The lowest BCUT2D eigenvalue weighted by molar-refractivity contribution is -0.139. The molecule has 0 aliphatic carbocycles. The van der Waals surface area contributed by atoms with E-state index in [1.165, 1.54) is 14.2 Å². The van der Waals surface area contributed by atoms with Crippen LogP contribution in [-0.4, -0.2) is 47.9 Å². The highest BCUT2D eigenvalue weighted by Gasteiger charge is 2.12. The van der Waals surface area contributed by atoms with Crippen molar-refractivity contribution in [3.05, 3.63) is 11.8 Å². The van der Waals surface area contributed by atoms with Gasteiger partial charge < -0.3 is 19.9 Å². The zero-order valence-electron chi connectivity index (χ0n) is 10.6. The van der Waals surface area contributed by atoms with E-state index in [9.17, 15) is 4.79 Å². The number of anilines is 1. The number of methoxy groups -OCH3 is 2. The van der Waals surface area contributed by atoms with Crippen LogP contribution in [0.1, 0.15) is 12.1 Å². The molecule has 0 aliphatic rings. The summed E-state index contributed by atoms with van der Waals surface area (Å²) in [5.41, 5.74) is 0.761. The Morgan fingerprint density at radius 1 is 1.50 bits per heavy atom. The van der Waals surface area contributed by atoms with Gasteiger partial charge in [0.2, 0.25) is 11.8 Å². The Hall–Kier alpha value is -1.89. The molecule has 0 aromatic carbocycles. The molecule has 0 bridgehead atoms. The number of hydrogen-bond donors (Lipinski definition) is 2. The Bertz CT molecular complexity index is 411. The van der Waals surface area contributed by atoms with Crippen LogP contribution in [0, 0.1) is 6.92 Å². The number of rotatable bonds is 7. The third-order valence-electron chi connectivity index (χ3n) is 2.26. The van der Waals surface area contributed by atoms with Gasteiger partial charge in [0.1, 0.15) is 0 Å². The number of nitrogens with one attached hydrogen (secondary N) is 1. The number of ether oxygens (including phenoxy) is 2. The van der Waals surface area contributed by atoms with Crippen molar-refractivity contribution in [1.82, 2.24) is 9.97 Å². The number of hydrogen-bond acceptors (Lipinski definition) is 6. The summed E-state index contributed by atoms with van der Waals surface area (Å²) in [5, 5.41) is 11.6. The Morgan fingerprint density at radius 2 is 2.22 bits per heavy atom. The number of carboxylic acids is 1. The monoisotopic (exact) mass is 255 g/mol. The van der Waals surface area contributed by atoms with Gasteiger partial charge in [-0.25, -0.2) is 4.98 Å². The van der Waals surface area contributed by atoms with Crippen LogP contribution in [0.5, 0.6) is 5.88 Å². The maximum atomic E-state index is 10.6. The van der Waals surface area contributed by atoms with E-state index in [1.54, 1.807) is 6.07 Å². The molecule has 0 radical (unpaired) electrons. The van der Waals surface area contributed by atoms with Gasteiger partial charge in [0.05, 0.1) is 19.6 Å². The van der Waals surface area contributed by atoms with E-state index in [1.807, 2.05) is 6.92 Å². The molecule has 18 heavy (non-hydrogen) atoms. The molecule has 0 saturated carbocycles. The number of aryl methyl sites for hydroxylation is 1. The molecule has 0 saturated heterocycles. The number of aromatic nitrogens is 2. The summed E-state index contributed by atoms with van der Waals surface area (Å²) in [7, 11) is 2.99. The van der Waals surface area contributed by atoms with Crippen molar-refractivity contribution in [2.75, 3.05) is 26.1 Å². The van der Waals surface area contributed by atoms with Crippen molar-refractivity contribution in [1.29, 1.82) is 0 Å². The van der Waals surface area contributed by atoms with Gasteiger partial charge in [-0.3, -0.25) is 4.79 Å². The fraction of sp³-hybridized carbons (Fsp3) is 0.545. The first kappa shape index (κ1) is 14.2. The van der Waals surface area contributed by atoms with E-state index < -0.39 is 12.1 Å². The van der Waals surface area contributed by atoms with Crippen LogP contribution in [-0.2, 0) is 9.53 Å². The smallest absolute Gasteiger partial charge is 0.306 e. The van der Waals surface area contributed by atoms with Gasteiger partial charge in [-0.05, 0) is 6.92 Å². The van der Waals surface area contributed by atoms with Crippen LogP contribution in [0.15, 0.2) is 6.07 Å². The Labute approximate surface area is 105 Å². The summed E-state index contributed by atoms with van der Waals surface area (Å²) in [6, 6.07) is 1.70. The zero-order valence-corrected chi connectivity index (χ0v) is 10.6. The largest absolute Gasteiger partial charge is 0.481 e. The summed E-state index contributed by atoms with van der Waals surface area (Å²) < 4.78 is 10.1. The maximum absolute atomic E-state index is 10.6. The molecule has 1 aromatic rings. The highest BCUT2D eigenvalue weighted by atomic mass is 16.5. The average molecular weight is 255 g/mol. The standard InChI is InChI=1S/C11H17N3O4/c1-7-4-9(18-3)14-11(13-7)12-6-8(17-2)5-10(15)16/h4,8H,5-6H2,1-3H3,(H,15,16)(H,12,13,14). The van der Waals surface area contributed by atoms with E-state index in [-0.39, 0.29) is 6.42 Å². The third-order valence-corrected chi connectivity index (χ3v) is 2.26. The van der Waals surface area contributed by atoms with Crippen LogP contribution in [0.2, 0.25) is 0 Å². The summed E-state index contributed by atoms with van der Waals surface area (Å²) in [6.07, 6.45) is -0.510. The van der Waals surface area contributed by atoms with Gasteiger partial charge in [-0.2, -0.15) is 4.98 Å². The molecular weight excluding hydrogens is 238 g/mol. The van der Waals surface area contributed by atoms with E-state index >= 15 is 0 Å². The van der Waals surface area contributed by atoms with Gasteiger partial charge in [-0.1, -0.05) is 0 Å². The highest BCUT2D eigenvalue weighted by molar-refractivity contribution is 5.67. The summed E-state index contributed by atoms with van der Waals surface area (Å²) in [5.74, 6) is -0.0668. The fourth-order valence-electron chi connectivity index (χ4n) is 1.36. The van der Waals surface area contributed by atoms with Crippen molar-refractivity contribution in [2.24, 2.45) is 0 Å². The molecule has 100 valence electrons. The molecule has 7 heteroatoms. The van der Waals surface area contributed by atoms with Crippen LogP contribution in [0.25, 0.3) is 0 Å². The van der Waals surface area contributed by atoms with E-state index in [2.05, 4.69) is 15.3 Å². The predicted octanol–water partition coefficient (Wildman–Crippen LogP) is 0.695. The lowest BCUT2D eigenvalue weighted by atomic mass is 10.2. The first-order valence-electron chi connectivity index (χ1n) is 5.43. The van der Waals surface area contributed by atoms with E-state index in [0.717, 1.165) is 5.69 Å². The molecule has 0 amide bonds. The molecule has 2 N–H and O–H groups in total. The van der Waals surface area contributed by atoms with Gasteiger partial charge in [0, 0.05) is 25.4 Å². The van der Waals surface area contributed by atoms with Crippen LogP contribution < -0.4 is 10.1 Å². The molecule has 1 unspecified atom stereocenters. The Balaban J connectivity index is 2.61. The second-order valence-electron chi connectivity index (χ2n) is 3.71. The zero-order chi connectivity index (χ0) is 13.5. The summed E-state index contributed by atoms with van der Waals surface area (Å²) in [4.78, 5) is 18.8. The second-order valence-corrected chi connectivity index (χ2v) is 3.71. The quantitative estimate of drug-likeness (QED) is 0.740. The highest BCUT2D eigenvalue weighted by Crippen LogP contribution is 2.11. The van der Waals surface area contributed by atoms with Gasteiger partial charge in [0.15, 0.2) is 0 Å². The van der Waals surface area contributed by atoms with E-state index in [4.69, 9.17) is 14.6 Å². The first-order valence-corrected chi connectivity index (χ1v) is 5.43. The summed E-state index contributed by atoms with van der Waals surface area (Å²) >= 11 is 0. The predicted molar refractivity (Wildman–Crippen MR) is 64.9 cm³/mol. The molecular formula is C11H17N3O4. The minimum Gasteiger partial charge on any atom is -0.481 e. The van der Waals surface area contributed by atoms with Gasteiger partial charge in [0.25, 0.3) is 0 Å². The van der Waals surface area contributed by atoms with Gasteiger partial charge >= 0.3 is 5.97 Å². The third kappa shape index (κ3) is 4.54. The fourth-order valence-corrected chi connectivity index (χ4v) is 1.36. The Kier molecular flexibility index (Phi) is 5.31. The molecule has 0 spiro atoms. The number of aliphatic carboxylic acids is 1. The minimum absolute atomic E-state index is 0.0769. The van der Waals surface area contributed by atoms with Crippen molar-refractivity contribution in [2.45, 2.75) is 19.4 Å². The lowest BCUT2D eigenvalue weighted by Crippen LogP contribution is -2.25. The maximum Gasteiger partial charge on any atom is 0.306 e. The topological polar surface area (TPSA) is 93.6 Å². The number of carbonyl (C=O) groups is 1. The SMILES string of the molecule is COc1cc(C)nc(NCC(CC(=O)O)OC)n1. The van der Waals surface area contributed by atoms with E-state index in [0.29, 0.717) is 18.4 Å². The normalized spacial score (nSPS) is 11.9. The summed E-state index contributed by atoms with van der Waals surface area (Å²) in [6.45, 7) is 2.13. The molecule has 0 fully saturated rings. The lowest BCUT2D eigenvalue weighted by Gasteiger charge is -2.14. The van der Waals surface area contributed by atoms with Crippen molar-refractivity contribution in [3.8, 4) is 5.88 Å². The molecule has 0 aliphatic heterocycles. The van der Waals surface area contributed by atoms with Crippen LogP contribution >= 0.6 is 0 Å². The average Bonchev–Trinajstić information content (AvgIpc) is 2.33. The van der Waals surface area contributed by atoms with Crippen molar-refractivity contribution < 1.29 is 19.4 Å². The first-order chi connectivity index (χ1) is 8.55.